The monoisotopic (exact) mass is 508 g/mol. The van der Waals surface area contributed by atoms with Gasteiger partial charge in [-0.3, -0.25) is 0 Å². The number of benzene rings is 2. The third kappa shape index (κ3) is 6.56. The number of hydrogen-bond acceptors (Lipinski definition) is 8. The first-order valence-corrected chi connectivity index (χ1v) is 16.3. The molecule has 0 aliphatic heterocycles. The molecule has 2 nitrogen and oxygen atoms in total. The van der Waals surface area contributed by atoms with E-state index in [0.717, 1.165) is 21.1 Å². The summed E-state index contributed by atoms with van der Waals surface area (Å²) in [5.74, 6) is 1.13. The Morgan fingerprint density at radius 1 is 0.800 bits per heavy atom. The van der Waals surface area contributed by atoms with Gasteiger partial charge in [0.25, 0.3) is 0 Å². The number of fused-ring (bicyclic) bond motifs is 2. The van der Waals surface area contributed by atoms with E-state index in [1.807, 2.05) is 43.2 Å². The zero-order valence-corrected chi connectivity index (χ0v) is 21.7. The van der Waals surface area contributed by atoms with Gasteiger partial charge in [0.2, 0.25) is 0 Å². The maximum atomic E-state index is 4.79. The molecule has 0 saturated carbocycles. The number of thiazole rings is 2. The molecule has 0 N–H and O–H groups in total. The summed E-state index contributed by atoms with van der Waals surface area (Å²) in [7, 11) is 7.64. The molecular weight excluding hydrogens is 485 g/mol. The first-order valence-electron chi connectivity index (χ1n) is 10.2. The van der Waals surface area contributed by atoms with Gasteiger partial charge in [0.05, 0.1) is 20.4 Å². The third-order valence-electron chi connectivity index (χ3n) is 4.57. The zero-order chi connectivity index (χ0) is 20.6. The van der Waals surface area contributed by atoms with E-state index in [0.29, 0.717) is 5.25 Å². The molecule has 1 unspecified atom stereocenters. The average Bonchev–Trinajstić information content (AvgIpc) is 3.37. The zero-order valence-electron chi connectivity index (χ0n) is 16.8. The van der Waals surface area contributed by atoms with E-state index < -0.39 is 0 Å². The number of hydrogen-bond donors (Lipinski definition) is 0. The Balaban J connectivity index is 1.31. The molecule has 0 aliphatic rings. The highest BCUT2D eigenvalue weighted by Crippen LogP contribution is 2.44. The molecule has 4 rings (SSSR count). The van der Waals surface area contributed by atoms with E-state index in [2.05, 4.69) is 55.5 Å². The Labute approximate surface area is 202 Å². The van der Waals surface area contributed by atoms with E-state index in [4.69, 9.17) is 9.97 Å². The smallest absolute Gasteiger partial charge is 0.161 e. The van der Waals surface area contributed by atoms with E-state index in [1.165, 1.54) is 45.8 Å². The van der Waals surface area contributed by atoms with E-state index in [1.54, 1.807) is 22.7 Å². The van der Waals surface area contributed by atoms with Crippen molar-refractivity contribution < 1.29 is 0 Å². The van der Waals surface area contributed by atoms with Crippen LogP contribution in [0.1, 0.15) is 39.0 Å². The highest BCUT2D eigenvalue weighted by atomic mass is 33.1. The second-order valence-corrected chi connectivity index (χ2v) is 14.3. The lowest BCUT2D eigenvalue weighted by molar-refractivity contribution is 0.634. The second kappa shape index (κ2) is 12.0. The van der Waals surface area contributed by atoms with E-state index in [-0.39, 0.29) is 0 Å². The minimum absolute atomic E-state index is 0.630. The molecule has 2 aromatic heterocycles. The van der Waals surface area contributed by atoms with Crippen LogP contribution in [-0.4, -0.2) is 21.0 Å². The number of nitrogens with zero attached hydrogens (tertiary/aromatic N) is 2. The number of para-hydroxylation sites is 2. The Morgan fingerprint density at radius 3 is 2.07 bits per heavy atom. The van der Waals surface area contributed by atoms with Crippen LogP contribution in [0.25, 0.3) is 20.4 Å². The van der Waals surface area contributed by atoms with Crippen LogP contribution in [0.2, 0.25) is 0 Å². The van der Waals surface area contributed by atoms with E-state index >= 15 is 0 Å². The van der Waals surface area contributed by atoms with Gasteiger partial charge in [-0.2, -0.15) is 0 Å². The van der Waals surface area contributed by atoms with Crippen molar-refractivity contribution in [2.24, 2.45) is 0 Å². The fourth-order valence-corrected chi connectivity index (χ4v) is 11.2. The average molecular weight is 509 g/mol. The van der Waals surface area contributed by atoms with Crippen molar-refractivity contribution in [2.45, 2.75) is 53.0 Å². The summed E-state index contributed by atoms with van der Waals surface area (Å²) in [6.45, 7) is 2.28. The molecule has 0 aliphatic carbocycles. The summed E-state index contributed by atoms with van der Waals surface area (Å²) in [4.78, 5) is 9.54. The number of rotatable bonds is 12. The molecule has 0 spiro atoms. The Morgan fingerprint density at radius 2 is 1.43 bits per heavy atom. The summed E-state index contributed by atoms with van der Waals surface area (Å²) >= 11 is 3.60. The molecule has 2 aromatic carbocycles. The normalized spacial score (nSPS) is 12.7. The van der Waals surface area contributed by atoms with Gasteiger partial charge in [0, 0.05) is 11.0 Å². The lowest BCUT2D eigenvalue weighted by atomic mass is 10.1. The van der Waals surface area contributed by atoms with Crippen molar-refractivity contribution in [1.82, 2.24) is 9.97 Å². The van der Waals surface area contributed by atoms with Crippen LogP contribution in [0.3, 0.4) is 0 Å². The molecule has 30 heavy (non-hydrogen) atoms. The van der Waals surface area contributed by atoms with Crippen molar-refractivity contribution in [3.8, 4) is 0 Å². The topological polar surface area (TPSA) is 25.8 Å². The molecule has 4 aromatic rings. The van der Waals surface area contributed by atoms with Crippen LogP contribution in [0.5, 0.6) is 0 Å². The van der Waals surface area contributed by atoms with Gasteiger partial charge in [-0.05, 0) is 52.3 Å². The van der Waals surface area contributed by atoms with Crippen LogP contribution in [-0.2, 0) is 0 Å². The van der Waals surface area contributed by atoms with Gasteiger partial charge in [-0.15, -0.1) is 22.7 Å². The van der Waals surface area contributed by atoms with Gasteiger partial charge in [-0.1, -0.05) is 78.5 Å². The Kier molecular flexibility index (Phi) is 9.14. The number of unbranched alkanes of at least 4 members (excludes halogenated alkanes) is 3. The quantitative estimate of drug-likeness (QED) is 0.140. The maximum Gasteiger partial charge on any atom is 0.161 e. The molecule has 0 fully saturated rings. The van der Waals surface area contributed by atoms with Crippen LogP contribution >= 0.6 is 65.8 Å². The highest BCUT2D eigenvalue weighted by molar-refractivity contribution is 8.78. The molecule has 158 valence electrons. The molecule has 0 radical (unpaired) electrons. The van der Waals surface area contributed by atoms with Gasteiger partial charge in [0.15, 0.2) is 8.68 Å². The first-order chi connectivity index (χ1) is 14.8. The summed E-state index contributed by atoms with van der Waals surface area (Å²) < 4.78 is 4.89. The van der Waals surface area contributed by atoms with Gasteiger partial charge in [-0.25, -0.2) is 9.97 Å². The van der Waals surface area contributed by atoms with Crippen LogP contribution in [0.4, 0.5) is 0 Å². The first kappa shape index (κ1) is 22.8. The second-order valence-electron chi connectivity index (χ2n) is 6.91. The minimum Gasteiger partial charge on any atom is -0.229 e. The fourth-order valence-electron chi connectivity index (χ4n) is 3.00. The lowest BCUT2D eigenvalue weighted by Gasteiger charge is -2.14. The predicted octanol–water partition coefficient (Wildman–Crippen LogP) is 9.43. The largest absolute Gasteiger partial charge is 0.229 e. The predicted molar refractivity (Wildman–Crippen MR) is 144 cm³/mol. The van der Waals surface area contributed by atoms with Crippen molar-refractivity contribution in [1.29, 1.82) is 0 Å². The van der Waals surface area contributed by atoms with Crippen LogP contribution < -0.4 is 0 Å². The SMILES string of the molecule is CCCCCCC(CSSc1nc2ccccc2s1)SSc1nc2ccccc2s1. The van der Waals surface area contributed by atoms with Crippen LogP contribution in [0, 0.1) is 0 Å². The van der Waals surface area contributed by atoms with E-state index in [9.17, 15) is 0 Å². The maximum absolute atomic E-state index is 4.79. The van der Waals surface area contributed by atoms with Crippen molar-refractivity contribution in [2.75, 3.05) is 5.75 Å². The summed E-state index contributed by atoms with van der Waals surface area (Å²) in [5, 5.41) is 0.630. The molecular formula is C22H24N2S6. The van der Waals surface area contributed by atoms with Gasteiger partial charge in [0.1, 0.15) is 0 Å². The van der Waals surface area contributed by atoms with Crippen molar-refractivity contribution >= 4 is 86.3 Å². The molecule has 0 bridgehead atoms. The summed E-state index contributed by atoms with van der Waals surface area (Å²) in [5.41, 5.74) is 2.23. The summed E-state index contributed by atoms with van der Waals surface area (Å²) in [6, 6.07) is 16.8. The Hall–Kier alpha value is -0.380. The number of aromatic nitrogens is 2. The molecule has 0 saturated heterocycles. The van der Waals surface area contributed by atoms with Crippen molar-refractivity contribution in [3.63, 3.8) is 0 Å². The highest BCUT2D eigenvalue weighted by Gasteiger charge is 2.14. The third-order valence-corrected chi connectivity index (χ3v) is 12.8. The van der Waals surface area contributed by atoms with Crippen molar-refractivity contribution in [3.05, 3.63) is 48.5 Å². The van der Waals surface area contributed by atoms with Gasteiger partial charge >= 0.3 is 0 Å². The molecule has 8 heteroatoms. The minimum atomic E-state index is 0.630. The molecule has 0 amide bonds. The Bertz CT molecular complexity index is 994. The molecule has 1 atom stereocenters. The van der Waals surface area contributed by atoms with Crippen LogP contribution in [0.15, 0.2) is 57.2 Å². The molecule has 2 heterocycles. The van der Waals surface area contributed by atoms with Gasteiger partial charge < -0.3 is 0 Å². The fraction of sp³-hybridized carbons (Fsp3) is 0.364. The lowest BCUT2D eigenvalue weighted by Crippen LogP contribution is -2.04. The standard InChI is InChI=1S/C22H24N2S6/c1-2-3-4-5-10-16(28-30-22-24-18-12-7-9-14-20(18)27-22)15-25-29-21-23-17-11-6-8-13-19(17)26-21/h6-9,11-14,16H,2-5,10,15H2,1H3. The summed E-state index contributed by atoms with van der Waals surface area (Å²) in [6.07, 6.45) is 6.57.